The number of aryl methyl sites for hydroxylation is 1. The van der Waals surface area contributed by atoms with Gasteiger partial charge >= 0.3 is 0 Å². The molecular formula is C24H43N7O. The molecule has 0 spiro atoms. The van der Waals surface area contributed by atoms with Gasteiger partial charge in [0.2, 0.25) is 5.91 Å². The lowest BCUT2D eigenvalue weighted by Crippen LogP contribution is -2.33. The third kappa shape index (κ3) is 10.8. The van der Waals surface area contributed by atoms with Crippen molar-refractivity contribution in [3.05, 3.63) is 23.7 Å². The van der Waals surface area contributed by atoms with Crippen LogP contribution in [0.15, 0.2) is 23.0 Å². The van der Waals surface area contributed by atoms with Crippen LogP contribution in [0, 0.1) is 0 Å². The first-order chi connectivity index (χ1) is 15.6. The predicted octanol–water partition coefficient (Wildman–Crippen LogP) is 3.78. The Balaban J connectivity index is 1.52. The third-order valence-electron chi connectivity index (χ3n) is 5.94. The fourth-order valence-corrected chi connectivity index (χ4v) is 3.84. The lowest BCUT2D eigenvalue weighted by Gasteiger charge is -2.16. The van der Waals surface area contributed by atoms with Crippen molar-refractivity contribution in [3.63, 3.8) is 0 Å². The van der Waals surface area contributed by atoms with Crippen molar-refractivity contribution in [1.29, 1.82) is 0 Å². The summed E-state index contributed by atoms with van der Waals surface area (Å²) in [6, 6.07) is 0. The van der Waals surface area contributed by atoms with Gasteiger partial charge in [0.05, 0.1) is 18.8 Å². The zero-order valence-electron chi connectivity index (χ0n) is 20.2. The summed E-state index contributed by atoms with van der Waals surface area (Å²) in [6.07, 6.45) is 18.7. The molecule has 3 N–H and O–H groups in total. The molecule has 0 bridgehead atoms. The van der Waals surface area contributed by atoms with E-state index in [0.717, 1.165) is 50.6 Å². The number of amides is 1. The second-order valence-corrected chi connectivity index (χ2v) is 8.80. The summed E-state index contributed by atoms with van der Waals surface area (Å²) in [4.78, 5) is 18.2. The Hall–Kier alpha value is -2.38. The van der Waals surface area contributed by atoms with Crippen LogP contribution in [0.5, 0.6) is 0 Å². The summed E-state index contributed by atoms with van der Waals surface area (Å²) < 4.78 is 1.85. The molecule has 2 heterocycles. The minimum Gasteiger partial charge on any atom is -0.370 e. The molecule has 8 heteroatoms. The molecule has 0 unspecified atom stereocenters. The van der Waals surface area contributed by atoms with Gasteiger partial charge in [0.25, 0.3) is 0 Å². The van der Waals surface area contributed by atoms with Gasteiger partial charge in [-0.3, -0.25) is 9.48 Å². The fraction of sp³-hybridized carbons (Fsp3) is 0.750. The Morgan fingerprint density at radius 3 is 2.59 bits per heavy atom. The quantitative estimate of drug-likeness (QED) is 0.355. The number of nitrogens with two attached hydrogens (primary N) is 1. The third-order valence-corrected chi connectivity index (χ3v) is 5.94. The smallest absolute Gasteiger partial charge is 0.222 e. The van der Waals surface area contributed by atoms with E-state index in [2.05, 4.69) is 33.6 Å². The van der Waals surface area contributed by atoms with Crippen molar-refractivity contribution < 1.29 is 4.79 Å². The number of guanidine groups is 1. The summed E-state index contributed by atoms with van der Waals surface area (Å²) in [5, 5.41) is 11.6. The molecular weight excluding hydrogens is 402 g/mol. The van der Waals surface area contributed by atoms with Gasteiger partial charge in [0.15, 0.2) is 5.96 Å². The lowest BCUT2D eigenvalue weighted by atomic mass is 10.1. The molecule has 0 aromatic carbocycles. The number of unbranched alkanes of at least 4 members (excludes halogenated alkanes) is 8. The normalized spacial score (nSPS) is 13.4. The first-order valence-electron chi connectivity index (χ1n) is 12.5. The van der Waals surface area contributed by atoms with E-state index >= 15 is 0 Å². The Kier molecular flexibility index (Phi) is 12.5. The number of carbonyl (C=O) groups excluding carboxylic acids is 1. The van der Waals surface area contributed by atoms with Gasteiger partial charge in [0, 0.05) is 31.9 Å². The van der Waals surface area contributed by atoms with Crippen molar-refractivity contribution in [1.82, 2.24) is 25.2 Å². The minimum atomic E-state index is 0.231. The number of rotatable bonds is 17. The molecule has 1 aromatic heterocycles. The van der Waals surface area contributed by atoms with Gasteiger partial charge < -0.3 is 16.0 Å². The Morgan fingerprint density at radius 2 is 1.81 bits per heavy atom. The van der Waals surface area contributed by atoms with Crippen molar-refractivity contribution in [3.8, 4) is 0 Å². The zero-order valence-corrected chi connectivity index (χ0v) is 20.2. The van der Waals surface area contributed by atoms with Crippen molar-refractivity contribution in [2.75, 3.05) is 20.1 Å². The van der Waals surface area contributed by atoms with Crippen LogP contribution in [0.25, 0.3) is 0 Å². The molecule has 180 valence electrons. The summed E-state index contributed by atoms with van der Waals surface area (Å²) in [7, 11) is 1.89. The maximum absolute atomic E-state index is 12.3. The second kappa shape index (κ2) is 15.4. The molecule has 0 fully saturated rings. The number of nitrogens with one attached hydrogen (secondary N) is 1. The van der Waals surface area contributed by atoms with Crippen LogP contribution in [0.4, 0.5) is 0 Å². The molecule has 0 aliphatic carbocycles. The highest BCUT2D eigenvalue weighted by Gasteiger charge is 2.09. The van der Waals surface area contributed by atoms with Gasteiger partial charge in [-0.2, -0.15) is 0 Å². The number of nitrogens with zero attached hydrogens (tertiary/aromatic N) is 5. The molecule has 0 saturated heterocycles. The van der Waals surface area contributed by atoms with Gasteiger partial charge in [-0.15, -0.1) is 5.10 Å². The van der Waals surface area contributed by atoms with Crippen LogP contribution in [0.2, 0.25) is 0 Å². The first kappa shape index (κ1) is 25.9. The monoisotopic (exact) mass is 445 g/mol. The molecule has 1 aromatic rings. The first-order valence-corrected chi connectivity index (χ1v) is 12.5. The van der Waals surface area contributed by atoms with E-state index in [4.69, 9.17) is 5.73 Å². The minimum absolute atomic E-state index is 0.231. The highest BCUT2D eigenvalue weighted by Crippen LogP contribution is 2.11. The van der Waals surface area contributed by atoms with Crippen LogP contribution < -0.4 is 11.1 Å². The molecule has 1 amide bonds. The SMILES string of the molecule is CCCCCCCCCC(=O)N(C)CCn1cc(CCCCCC2=CCN=C(N)N2)nn1. The number of carbonyl (C=O) groups is 1. The van der Waals surface area contributed by atoms with E-state index in [1.807, 2.05) is 22.8 Å². The van der Waals surface area contributed by atoms with Crippen LogP contribution >= 0.6 is 0 Å². The number of aliphatic imine (C=N–C) groups is 1. The van der Waals surface area contributed by atoms with E-state index in [9.17, 15) is 4.79 Å². The fourth-order valence-electron chi connectivity index (χ4n) is 3.84. The van der Waals surface area contributed by atoms with E-state index in [0.29, 0.717) is 32.0 Å². The largest absolute Gasteiger partial charge is 0.370 e. The van der Waals surface area contributed by atoms with Crippen molar-refractivity contribution in [2.45, 2.75) is 96.9 Å². The average Bonchev–Trinajstić information content (AvgIpc) is 3.24. The summed E-state index contributed by atoms with van der Waals surface area (Å²) in [5.41, 5.74) is 7.89. The highest BCUT2D eigenvalue weighted by molar-refractivity contribution is 5.80. The maximum Gasteiger partial charge on any atom is 0.222 e. The summed E-state index contributed by atoms with van der Waals surface area (Å²) in [5.74, 6) is 0.749. The highest BCUT2D eigenvalue weighted by atomic mass is 16.2. The number of aromatic nitrogens is 3. The van der Waals surface area contributed by atoms with Crippen LogP contribution in [0.1, 0.15) is 89.7 Å². The Morgan fingerprint density at radius 1 is 1.09 bits per heavy atom. The number of allylic oxidation sites excluding steroid dienone is 1. The molecule has 8 nitrogen and oxygen atoms in total. The lowest BCUT2D eigenvalue weighted by molar-refractivity contribution is -0.130. The van der Waals surface area contributed by atoms with Gasteiger partial charge in [-0.05, 0) is 38.2 Å². The van der Waals surface area contributed by atoms with E-state index in [1.54, 1.807) is 0 Å². The molecule has 1 aliphatic rings. The molecule has 2 rings (SSSR count). The topological polar surface area (TPSA) is 101 Å². The molecule has 0 atom stereocenters. The van der Waals surface area contributed by atoms with E-state index < -0.39 is 0 Å². The second-order valence-electron chi connectivity index (χ2n) is 8.80. The standard InChI is InChI=1S/C24H43N7O/c1-3-4-5-6-7-8-12-15-23(32)30(2)18-19-31-20-22(28-29-31)14-11-9-10-13-21-16-17-26-24(25)27-21/h16,20H,3-15,17-19H2,1-2H3,(H3,25,26,27). The maximum atomic E-state index is 12.3. The Labute approximate surface area is 193 Å². The number of likely N-dealkylation sites (N-methyl/N-ethyl adjacent to an activating group) is 1. The number of hydrogen-bond acceptors (Lipinski definition) is 6. The molecule has 0 saturated carbocycles. The van der Waals surface area contributed by atoms with Gasteiger partial charge in [-0.25, -0.2) is 4.99 Å². The van der Waals surface area contributed by atoms with E-state index in [1.165, 1.54) is 37.8 Å². The van der Waals surface area contributed by atoms with Crippen LogP contribution in [-0.2, 0) is 17.8 Å². The molecule has 32 heavy (non-hydrogen) atoms. The van der Waals surface area contributed by atoms with Crippen LogP contribution in [-0.4, -0.2) is 51.9 Å². The van der Waals surface area contributed by atoms with Crippen LogP contribution in [0.3, 0.4) is 0 Å². The Bertz CT molecular complexity index is 726. The molecule has 0 radical (unpaired) electrons. The summed E-state index contributed by atoms with van der Waals surface area (Å²) >= 11 is 0. The van der Waals surface area contributed by atoms with Crippen molar-refractivity contribution >= 4 is 11.9 Å². The molecule has 1 aliphatic heterocycles. The van der Waals surface area contributed by atoms with Crippen molar-refractivity contribution in [2.24, 2.45) is 10.7 Å². The zero-order chi connectivity index (χ0) is 23.0. The predicted molar refractivity (Wildman–Crippen MR) is 130 cm³/mol. The van der Waals surface area contributed by atoms with E-state index in [-0.39, 0.29) is 5.91 Å². The average molecular weight is 446 g/mol. The summed E-state index contributed by atoms with van der Waals surface area (Å²) in [6.45, 7) is 4.28. The van der Waals surface area contributed by atoms with Gasteiger partial charge in [-0.1, -0.05) is 57.1 Å². The number of hydrogen-bond donors (Lipinski definition) is 2. The van der Waals surface area contributed by atoms with Gasteiger partial charge in [0.1, 0.15) is 0 Å².